The van der Waals surface area contributed by atoms with Gasteiger partial charge < -0.3 is 0 Å². The van der Waals surface area contributed by atoms with Crippen molar-refractivity contribution in [2.45, 2.75) is 128 Å². The number of hydrogen-bond acceptors (Lipinski definition) is 0. The minimum atomic E-state index is 1.11. The molecule has 0 fully saturated rings. The van der Waals surface area contributed by atoms with Gasteiger partial charge in [0, 0.05) is 0 Å². The van der Waals surface area contributed by atoms with Crippen LogP contribution in [0.5, 0.6) is 0 Å². The summed E-state index contributed by atoms with van der Waals surface area (Å²) in [6.07, 6.45) is 46.5. The van der Waals surface area contributed by atoms with Gasteiger partial charge in [0.15, 0.2) is 0 Å². The van der Waals surface area contributed by atoms with Crippen LogP contribution in [0, 0.1) is 6.08 Å². The Morgan fingerprint density at radius 2 is 0.750 bits per heavy atom. The Balaban J connectivity index is 2.17. The van der Waals surface area contributed by atoms with Crippen LogP contribution in [0.1, 0.15) is 128 Å². The molecule has 0 heterocycles. The molecule has 0 bridgehead atoms. The SMILES string of the molecule is [C]1=C\C=C/C=C\C=C/CCCCCCCCCCCCCCCCCCCC1. The highest BCUT2D eigenvalue weighted by Gasteiger charge is 1.95. The van der Waals surface area contributed by atoms with Gasteiger partial charge in [-0.2, -0.15) is 0 Å². The van der Waals surface area contributed by atoms with Gasteiger partial charge in [0.2, 0.25) is 0 Å². The van der Waals surface area contributed by atoms with Crippen molar-refractivity contribution in [1.82, 2.24) is 0 Å². The van der Waals surface area contributed by atoms with E-state index in [1.165, 1.54) is 122 Å². The van der Waals surface area contributed by atoms with E-state index >= 15 is 0 Å². The van der Waals surface area contributed by atoms with Gasteiger partial charge in [0.25, 0.3) is 0 Å². The van der Waals surface area contributed by atoms with Crippen LogP contribution in [0.2, 0.25) is 0 Å². The van der Waals surface area contributed by atoms with Crippen molar-refractivity contribution in [3.05, 3.63) is 48.6 Å². The lowest BCUT2D eigenvalue weighted by Gasteiger charge is -2.04. The zero-order valence-electron chi connectivity index (χ0n) is 18.7. The van der Waals surface area contributed by atoms with Crippen molar-refractivity contribution in [3.63, 3.8) is 0 Å². The summed E-state index contributed by atoms with van der Waals surface area (Å²) in [6.45, 7) is 0. The first-order valence-electron chi connectivity index (χ1n) is 12.6. The Bertz CT molecular complexity index is 370. The van der Waals surface area contributed by atoms with Gasteiger partial charge in [-0.05, 0) is 31.8 Å². The summed E-state index contributed by atoms with van der Waals surface area (Å²) in [7, 11) is 0. The molecule has 0 unspecified atom stereocenters. The van der Waals surface area contributed by atoms with Crippen molar-refractivity contribution in [1.29, 1.82) is 0 Å². The first kappa shape index (κ1) is 25.0. The topological polar surface area (TPSA) is 0 Å². The summed E-state index contributed by atoms with van der Waals surface area (Å²) < 4.78 is 0. The number of hydrogen-bond donors (Lipinski definition) is 0. The molecule has 28 heavy (non-hydrogen) atoms. The Morgan fingerprint density at radius 3 is 1.29 bits per heavy atom. The molecule has 159 valence electrons. The minimum Gasteiger partial charge on any atom is -0.0845 e. The standard InChI is InChI=1S/C28H47/c1-2-4-6-8-10-12-14-16-18-20-22-24-26-28-27-25-23-21-19-17-15-13-11-9-7-5-3-1/h1-7H,8,10-28H2/b2-1-,5-3-,6-4-,9-7?. The van der Waals surface area contributed by atoms with E-state index in [-0.39, 0.29) is 0 Å². The predicted octanol–water partition coefficient (Wildman–Crippen LogP) is 9.83. The molecule has 0 amide bonds. The van der Waals surface area contributed by atoms with Crippen LogP contribution in [0.25, 0.3) is 0 Å². The fraction of sp³-hybridized carbons (Fsp3) is 0.714. The van der Waals surface area contributed by atoms with Crippen molar-refractivity contribution in [2.24, 2.45) is 0 Å². The summed E-state index contributed by atoms with van der Waals surface area (Å²) in [5.41, 5.74) is 0. The highest BCUT2D eigenvalue weighted by molar-refractivity contribution is 5.14. The summed E-state index contributed by atoms with van der Waals surface area (Å²) in [5.74, 6) is 0. The zero-order valence-corrected chi connectivity index (χ0v) is 18.7. The summed E-state index contributed by atoms with van der Waals surface area (Å²) in [6, 6.07) is 0. The molecule has 0 aromatic rings. The van der Waals surface area contributed by atoms with E-state index in [9.17, 15) is 0 Å². The highest BCUT2D eigenvalue weighted by atomic mass is 14.0. The van der Waals surface area contributed by atoms with Gasteiger partial charge >= 0.3 is 0 Å². The largest absolute Gasteiger partial charge is 0.0845 e. The quantitative estimate of drug-likeness (QED) is 0.390. The Hall–Kier alpha value is -1.04. The molecule has 0 nitrogen and oxygen atoms in total. The third kappa shape index (κ3) is 19.7. The average Bonchev–Trinajstić information content (AvgIpc) is 2.71. The fourth-order valence-corrected chi connectivity index (χ4v) is 3.89. The Morgan fingerprint density at radius 1 is 0.357 bits per heavy atom. The van der Waals surface area contributed by atoms with Gasteiger partial charge in [-0.15, -0.1) is 0 Å². The highest BCUT2D eigenvalue weighted by Crippen LogP contribution is 2.15. The van der Waals surface area contributed by atoms with Crippen LogP contribution in [-0.2, 0) is 0 Å². The molecule has 1 rings (SSSR count). The molecule has 0 heteroatoms. The van der Waals surface area contributed by atoms with Crippen LogP contribution < -0.4 is 0 Å². The van der Waals surface area contributed by atoms with Gasteiger partial charge in [0.05, 0.1) is 0 Å². The molecule has 1 aliphatic rings. The van der Waals surface area contributed by atoms with E-state index < -0.39 is 0 Å². The van der Waals surface area contributed by atoms with Crippen LogP contribution in [0.15, 0.2) is 42.5 Å². The van der Waals surface area contributed by atoms with Gasteiger partial charge in [-0.3, -0.25) is 0 Å². The van der Waals surface area contributed by atoms with Crippen LogP contribution in [0.4, 0.5) is 0 Å². The molecule has 1 aliphatic carbocycles. The van der Waals surface area contributed by atoms with Crippen molar-refractivity contribution < 1.29 is 0 Å². The summed E-state index contributed by atoms with van der Waals surface area (Å²) in [4.78, 5) is 0. The van der Waals surface area contributed by atoms with Crippen LogP contribution in [0.3, 0.4) is 0 Å². The minimum absolute atomic E-state index is 1.11. The molecule has 0 atom stereocenters. The fourth-order valence-electron chi connectivity index (χ4n) is 3.89. The number of allylic oxidation sites excluding steroid dienone is 8. The Labute approximate surface area is 177 Å². The maximum Gasteiger partial charge on any atom is -0.0276 e. The third-order valence-electron chi connectivity index (χ3n) is 5.74. The smallest absolute Gasteiger partial charge is 0.0276 e. The van der Waals surface area contributed by atoms with E-state index in [1.54, 1.807) is 0 Å². The van der Waals surface area contributed by atoms with E-state index in [2.05, 4.69) is 48.6 Å². The lowest BCUT2D eigenvalue weighted by atomic mass is 10.0. The maximum absolute atomic E-state index is 3.39. The normalized spacial score (nSPS) is 25.1. The molecular formula is C28H47. The van der Waals surface area contributed by atoms with Crippen molar-refractivity contribution in [3.8, 4) is 0 Å². The van der Waals surface area contributed by atoms with E-state index in [0.717, 1.165) is 6.42 Å². The molecule has 0 spiro atoms. The van der Waals surface area contributed by atoms with Gasteiger partial charge in [-0.25, -0.2) is 0 Å². The molecule has 0 aromatic heterocycles. The zero-order chi connectivity index (χ0) is 19.8. The maximum atomic E-state index is 3.39. The molecule has 0 saturated carbocycles. The molecule has 0 aromatic carbocycles. The van der Waals surface area contributed by atoms with Crippen molar-refractivity contribution >= 4 is 0 Å². The third-order valence-corrected chi connectivity index (χ3v) is 5.74. The molecule has 0 aliphatic heterocycles. The lowest BCUT2D eigenvalue weighted by Crippen LogP contribution is -1.84. The molecule has 1 radical (unpaired) electrons. The molecule has 0 saturated heterocycles. The molecular weight excluding hydrogens is 336 g/mol. The first-order valence-corrected chi connectivity index (χ1v) is 12.6. The van der Waals surface area contributed by atoms with Gasteiger partial charge in [0.1, 0.15) is 0 Å². The van der Waals surface area contributed by atoms with E-state index in [0.29, 0.717) is 0 Å². The van der Waals surface area contributed by atoms with E-state index in [4.69, 9.17) is 0 Å². The molecule has 0 N–H and O–H groups in total. The predicted molar refractivity (Wildman–Crippen MR) is 128 cm³/mol. The van der Waals surface area contributed by atoms with Crippen molar-refractivity contribution in [2.75, 3.05) is 0 Å². The summed E-state index contributed by atoms with van der Waals surface area (Å²) >= 11 is 0. The second kappa shape index (κ2) is 22.3. The van der Waals surface area contributed by atoms with Crippen LogP contribution >= 0.6 is 0 Å². The van der Waals surface area contributed by atoms with Crippen LogP contribution in [-0.4, -0.2) is 0 Å². The van der Waals surface area contributed by atoms with Gasteiger partial charge in [-0.1, -0.05) is 145 Å². The lowest BCUT2D eigenvalue weighted by molar-refractivity contribution is 0.524. The second-order valence-electron chi connectivity index (χ2n) is 8.47. The summed E-state index contributed by atoms with van der Waals surface area (Å²) in [5, 5.41) is 0. The number of rotatable bonds is 0. The average molecular weight is 384 g/mol. The van der Waals surface area contributed by atoms with E-state index in [1.807, 2.05) is 0 Å². The second-order valence-corrected chi connectivity index (χ2v) is 8.47. The first-order chi connectivity index (χ1) is 14.0. The Kier molecular flexibility index (Phi) is 19.9. The monoisotopic (exact) mass is 383 g/mol.